The lowest BCUT2D eigenvalue weighted by Gasteiger charge is -2.24. The van der Waals surface area contributed by atoms with Gasteiger partial charge in [0.2, 0.25) is 11.8 Å². The summed E-state index contributed by atoms with van der Waals surface area (Å²) in [6, 6.07) is 6.68. The van der Waals surface area contributed by atoms with Crippen LogP contribution >= 0.6 is 11.6 Å². The third-order valence-electron chi connectivity index (χ3n) is 4.86. The predicted molar refractivity (Wildman–Crippen MR) is 102 cm³/mol. The maximum atomic E-state index is 12.5. The minimum atomic E-state index is -0.790. The average Bonchev–Trinajstić information content (AvgIpc) is 3.43. The molecule has 4 amide bonds. The number of halogens is 1. The van der Waals surface area contributed by atoms with Gasteiger partial charge in [-0.15, -0.1) is 10.2 Å². The van der Waals surface area contributed by atoms with Crippen LogP contribution in [0.5, 0.6) is 0 Å². The van der Waals surface area contributed by atoms with E-state index in [1.54, 1.807) is 24.3 Å². The molecular formula is C19H20ClN5O4. The molecule has 1 aromatic heterocycles. The Hall–Kier alpha value is -2.78. The standard InChI is InChI=1S/C19H20ClN5O4/c1-2-9-24-17(26)18(27)25(19(24)28)11-23(14-7-8-14)10-15-21-22-16(29-15)12-3-5-13(20)6-4-12/h3-6,14H,2,7-11H2,1H3. The molecule has 1 saturated heterocycles. The van der Waals surface area contributed by atoms with Crippen molar-refractivity contribution < 1.29 is 18.8 Å². The molecule has 0 atom stereocenters. The fraction of sp³-hybridized carbons (Fsp3) is 0.421. The highest BCUT2D eigenvalue weighted by Gasteiger charge is 2.45. The van der Waals surface area contributed by atoms with Crippen molar-refractivity contribution in [2.24, 2.45) is 0 Å². The molecule has 4 rings (SSSR count). The number of imide groups is 2. The average molecular weight is 418 g/mol. The number of rotatable bonds is 8. The summed E-state index contributed by atoms with van der Waals surface area (Å²) in [6.45, 7) is 2.38. The molecule has 2 fully saturated rings. The molecule has 0 radical (unpaired) electrons. The number of carbonyl (C=O) groups is 3. The van der Waals surface area contributed by atoms with Crippen molar-refractivity contribution >= 4 is 29.4 Å². The molecule has 9 nitrogen and oxygen atoms in total. The van der Waals surface area contributed by atoms with E-state index in [4.69, 9.17) is 16.0 Å². The summed E-state index contributed by atoms with van der Waals surface area (Å²) in [5, 5.41) is 8.75. The maximum Gasteiger partial charge on any atom is 0.335 e. The molecule has 10 heteroatoms. The highest BCUT2D eigenvalue weighted by Crippen LogP contribution is 2.30. The van der Waals surface area contributed by atoms with Crippen molar-refractivity contribution in [3.05, 3.63) is 35.2 Å². The van der Waals surface area contributed by atoms with Crippen LogP contribution in [-0.2, 0) is 16.1 Å². The van der Waals surface area contributed by atoms with Crippen LogP contribution < -0.4 is 0 Å². The number of urea groups is 1. The van der Waals surface area contributed by atoms with Gasteiger partial charge >= 0.3 is 17.8 Å². The Morgan fingerprint density at radius 3 is 2.45 bits per heavy atom. The van der Waals surface area contributed by atoms with Crippen LogP contribution in [0.1, 0.15) is 32.1 Å². The van der Waals surface area contributed by atoms with E-state index in [-0.39, 0.29) is 25.8 Å². The van der Waals surface area contributed by atoms with E-state index >= 15 is 0 Å². The Labute approximate surface area is 172 Å². The van der Waals surface area contributed by atoms with Gasteiger partial charge in [-0.05, 0) is 43.5 Å². The largest absolute Gasteiger partial charge is 0.419 e. The molecule has 0 unspecified atom stereocenters. The second-order valence-corrected chi connectivity index (χ2v) is 7.54. The quantitative estimate of drug-likeness (QED) is 0.480. The number of hydrogen-bond donors (Lipinski definition) is 0. The number of nitrogens with zero attached hydrogens (tertiary/aromatic N) is 5. The number of benzene rings is 1. The smallest absolute Gasteiger partial charge is 0.335 e. The molecule has 1 aromatic carbocycles. The van der Waals surface area contributed by atoms with Gasteiger partial charge in [-0.2, -0.15) is 0 Å². The molecule has 0 spiro atoms. The summed E-state index contributed by atoms with van der Waals surface area (Å²) >= 11 is 5.90. The molecule has 1 aliphatic carbocycles. The van der Waals surface area contributed by atoms with Crippen molar-refractivity contribution in [1.82, 2.24) is 24.9 Å². The Morgan fingerprint density at radius 2 is 1.79 bits per heavy atom. The summed E-state index contributed by atoms with van der Waals surface area (Å²) in [7, 11) is 0. The fourth-order valence-electron chi connectivity index (χ4n) is 3.21. The van der Waals surface area contributed by atoms with Crippen LogP contribution in [0.15, 0.2) is 28.7 Å². The van der Waals surface area contributed by atoms with Crippen LogP contribution in [0.25, 0.3) is 11.5 Å². The van der Waals surface area contributed by atoms with Gasteiger partial charge in [0.25, 0.3) is 0 Å². The van der Waals surface area contributed by atoms with Crippen molar-refractivity contribution in [3.8, 4) is 11.5 Å². The maximum absolute atomic E-state index is 12.5. The molecule has 29 heavy (non-hydrogen) atoms. The third kappa shape index (κ3) is 4.01. The lowest BCUT2D eigenvalue weighted by atomic mass is 10.2. The van der Waals surface area contributed by atoms with Crippen LogP contribution in [0.2, 0.25) is 5.02 Å². The normalized spacial score (nSPS) is 17.1. The topological polar surface area (TPSA) is 99.9 Å². The Kier molecular flexibility index (Phi) is 5.33. The molecule has 1 aliphatic heterocycles. The highest BCUT2D eigenvalue weighted by atomic mass is 35.5. The zero-order chi connectivity index (χ0) is 20.5. The van der Waals surface area contributed by atoms with Crippen LogP contribution in [0, 0.1) is 0 Å². The van der Waals surface area contributed by atoms with E-state index in [0.29, 0.717) is 23.2 Å². The molecule has 2 aliphatic rings. The Balaban J connectivity index is 1.47. The zero-order valence-corrected chi connectivity index (χ0v) is 16.6. The second kappa shape index (κ2) is 7.92. The summed E-state index contributed by atoms with van der Waals surface area (Å²) in [5.41, 5.74) is 0.747. The first kappa shape index (κ1) is 19.5. The predicted octanol–water partition coefficient (Wildman–Crippen LogP) is 2.51. The van der Waals surface area contributed by atoms with Crippen molar-refractivity contribution in [2.45, 2.75) is 38.8 Å². The van der Waals surface area contributed by atoms with Gasteiger partial charge in [-0.3, -0.25) is 19.4 Å². The highest BCUT2D eigenvalue weighted by molar-refractivity contribution is 6.44. The minimum Gasteiger partial charge on any atom is -0.419 e. The van der Waals surface area contributed by atoms with Crippen molar-refractivity contribution in [3.63, 3.8) is 0 Å². The van der Waals surface area contributed by atoms with Crippen LogP contribution in [-0.4, -0.2) is 62.0 Å². The monoisotopic (exact) mass is 417 g/mol. The lowest BCUT2D eigenvalue weighted by Crippen LogP contribution is -2.43. The molecule has 152 valence electrons. The SMILES string of the molecule is CCCN1C(=O)C(=O)N(CN(Cc2nnc(-c3ccc(Cl)cc3)o2)C2CC2)C1=O. The van der Waals surface area contributed by atoms with E-state index in [2.05, 4.69) is 10.2 Å². The first-order valence-electron chi connectivity index (χ1n) is 9.47. The van der Waals surface area contributed by atoms with E-state index in [1.165, 1.54) is 0 Å². The van der Waals surface area contributed by atoms with Crippen molar-refractivity contribution in [1.29, 1.82) is 0 Å². The van der Waals surface area contributed by atoms with Gasteiger partial charge in [-0.25, -0.2) is 9.69 Å². The van der Waals surface area contributed by atoms with Crippen LogP contribution in [0.3, 0.4) is 0 Å². The first-order valence-corrected chi connectivity index (χ1v) is 9.85. The van der Waals surface area contributed by atoms with E-state index in [1.807, 2.05) is 11.8 Å². The van der Waals surface area contributed by atoms with Gasteiger partial charge in [0.15, 0.2) is 0 Å². The van der Waals surface area contributed by atoms with Crippen molar-refractivity contribution in [2.75, 3.05) is 13.2 Å². The summed E-state index contributed by atoms with van der Waals surface area (Å²) < 4.78 is 5.74. The molecule has 2 aromatic rings. The molecule has 0 N–H and O–H groups in total. The Bertz CT molecular complexity index is 940. The number of aromatic nitrogens is 2. The lowest BCUT2D eigenvalue weighted by molar-refractivity contribution is -0.144. The first-order chi connectivity index (χ1) is 14.0. The second-order valence-electron chi connectivity index (χ2n) is 7.10. The van der Waals surface area contributed by atoms with Gasteiger partial charge in [0, 0.05) is 23.2 Å². The van der Waals surface area contributed by atoms with Crippen LogP contribution in [0.4, 0.5) is 4.79 Å². The molecule has 0 bridgehead atoms. The molecule has 1 saturated carbocycles. The summed E-state index contributed by atoms with van der Waals surface area (Å²) in [4.78, 5) is 40.7. The molecular weight excluding hydrogens is 398 g/mol. The van der Waals surface area contributed by atoms with E-state index in [9.17, 15) is 14.4 Å². The number of hydrogen-bond acceptors (Lipinski definition) is 7. The number of carbonyl (C=O) groups excluding carboxylic acids is 3. The van der Waals surface area contributed by atoms with E-state index < -0.39 is 17.8 Å². The minimum absolute atomic E-state index is 0.0208. The van der Waals surface area contributed by atoms with Gasteiger partial charge in [0.05, 0.1) is 13.2 Å². The summed E-state index contributed by atoms with van der Waals surface area (Å²) in [5.74, 6) is -0.820. The van der Waals surface area contributed by atoms with E-state index in [0.717, 1.165) is 28.2 Å². The summed E-state index contributed by atoms with van der Waals surface area (Å²) in [6.07, 6.45) is 2.49. The fourth-order valence-corrected chi connectivity index (χ4v) is 3.34. The van der Waals surface area contributed by atoms with Gasteiger partial charge < -0.3 is 4.42 Å². The van der Waals surface area contributed by atoms with Gasteiger partial charge in [0.1, 0.15) is 0 Å². The zero-order valence-electron chi connectivity index (χ0n) is 15.9. The number of amides is 4. The Morgan fingerprint density at radius 1 is 1.10 bits per heavy atom. The molecule has 2 heterocycles. The van der Waals surface area contributed by atoms with Gasteiger partial charge in [-0.1, -0.05) is 18.5 Å². The third-order valence-corrected chi connectivity index (χ3v) is 5.12.